The Kier molecular flexibility index (Phi) is 3.80. The van der Waals surface area contributed by atoms with E-state index in [-0.39, 0.29) is 6.04 Å². The van der Waals surface area contributed by atoms with Crippen LogP contribution in [0.3, 0.4) is 0 Å². The molecule has 1 heterocycles. The Hall–Kier alpha value is -1.06. The maximum Gasteiger partial charge on any atom is 0.122 e. The number of hydrogen-bond acceptors (Lipinski definition) is 3. The molecule has 0 fully saturated rings. The van der Waals surface area contributed by atoms with E-state index in [1.807, 2.05) is 7.05 Å². The molecule has 0 radical (unpaired) electrons. The highest BCUT2D eigenvalue weighted by atomic mass is 16.5. The first-order valence-corrected chi connectivity index (χ1v) is 5.97. The molecule has 1 aromatic carbocycles. The van der Waals surface area contributed by atoms with Crippen molar-refractivity contribution < 1.29 is 4.74 Å². The highest BCUT2D eigenvalue weighted by Gasteiger charge is 2.14. The molecule has 3 nitrogen and oxygen atoms in total. The number of benzene rings is 1. The number of hydrogen-bond donors (Lipinski definition) is 2. The third kappa shape index (κ3) is 2.54. The Labute approximate surface area is 97.0 Å². The Morgan fingerprint density at radius 3 is 3.19 bits per heavy atom. The summed E-state index contributed by atoms with van der Waals surface area (Å²) < 4.78 is 5.48. The zero-order valence-corrected chi connectivity index (χ0v) is 9.83. The molecule has 0 aliphatic carbocycles. The Morgan fingerprint density at radius 1 is 1.50 bits per heavy atom. The molecule has 1 atom stereocenters. The summed E-state index contributed by atoms with van der Waals surface area (Å²) in [7, 11) is 1.97. The molecule has 3 heteroatoms. The largest absolute Gasteiger partial charge is 0.493 e. The second-order valence-electron chi connectivity index (χ2n) is 4.32. The van der Waals surface area contributed by atoms with Crippen LogP contribution in [0.15, 0.2) is 18.2 Å². The van der Waals surface area contributed by atoms with Crippen LogP contribution in [0.1, 0.15) is 30.0 Å². The van der Waals surface area contributed by atoms with Gasteiger partial charge in [0, 0.05) is 12.5 Å². The zero-order valence-electron chi connectivity index (χ0n) is 9.83. The lowest BCUT2D eigenvalue weighted by Crippen LogP contribution is -2.14. The van der Waals surface area contributed by atoms with Crippen LogP contribution >= 0.6 is 0 Å². The van der Waals surface area contributed by atoms with Crippen LogP contribution in [0.2, 0.25) is 0 Å². The number of ether oxygens (including phenoxy) is 1. The standard InChI is InChI=1S/C13H20N2O/c1-15-7-2-3-12(14)10-4-5-13-11(9-10)6-8-16-13/h4-5,9,12,15H,2-3,6-8,14H2,1H3. The molecule has 0 amide bonds. The monoisotopic (exact) mass is 220 g/mol. The molecule has 3 N–H and O–H groups in total. The van der Waals surface area contributed by atoms with Crippen molar-refractivity contribution in [1.29, 1.82) is 0 Å². The van der Waals surface area contributed by atoms with Crippen LogP contribution < -0.4 is 15.8 Å². The summed E-state index contributed by atoms with van der Waals surface area (Å²) in [6, 6.07) is 6.50. The SMILES string of the molecule is CNCCCC(N)c1ccc2c(c1)CCO2. The normalized spacial score (nSPS) is 15.6. The van der Waals surface area contributed by atoms with Crippen molar-refractivity contribution in [2.75, 3.05) is 20.2 Å². The van der Waals surface area contributed by atoms with Gasteiger partial charge >= 0.3 is 0 Å². The first-order chi connectivity index (χ1) is 7.81. The molecule has 0 spiro atoms. The van der Waals surface area contributed by atoms with E-state index in [2.05, 4.69) is 23.5 Å². The summed E-state index contributed by atoms with van der Waals surface area (Å²) in [5, 5.41) is 3.14. The van der Waals surface area contributed by atoms with Gasteiger partial charge in [-0.2, -0.15) is 0 Å². The van der Waals surface area contributed by atoms with Gasteiger partial charge in [-0.3, -0.25) is 0 Å². The fourth-order valence-electron chi connectivity index (χ4n) is 2.10. The van der Waals surface area contributed by atoms with E-state index < -0.39 is 0 Å². The van der Waals surface area contributed by atoms with E-state index in [4.69, 9.17) is 10.5 Å². The zero-order chi connectivity index (χ0) is 11.4. The molecule has 0 saturated heterocycles. The van der Waals surface area contributed by atoms with Gasteiger partial charge in [-0.1, -0.05) is 12.1 Å². The number of fused-ring (bicyclic) bond motifs is 1. The molecular formula is C13H20N2O. The molecule has 0 saturated carbocycles. The second-order valence-corrected chi connectivity index (χ2v) is 4.32. The molecule has 1 aromatic rings. The molecule has 1 aliphatic rings. The van der Waals surface area contributed by atoms with Crippen LogP contribution in [-0.2, 0) is 6.42 Å². The number of nitrogens with one attached hydrogen (secondary N) is 1. The Balaban J connectivity index is 1.98. The van der Waals surface area contributed by atoms with Gasteiger partial charge < -0.3 is 15.8 Å². The summed E-state index contributed by atoms with van der Waals surface area (Å²) in [6.07, 6.45) is 3.16. The predicted octanol–water partition coefficient (Wildman–Crippen LogP) is 1.62. The van der Waals surface area contributed by atoms with Crippen molar-refractivity contribution in [3.8, 4) is 5.75 Å². The predicted molar refractivity (Wildman–Crippen MR) is 65.7 cm³/mol. The molecule has 1 unspecified atom stereocenters. The minimum Gasteiger partial charge on any atom is -0.493 e. The molecule has 0 bridgehead atoms. The van der Waals surface area contributed by atoms with Crippen LogP contribution in [0.4, 0.5) is 0 Å². The minimum atomic E-state index is 0.152. The summed E-state index contributed by atoms with van der Waals surface area (Å²) in [6.45, 7) is 1.84. The van der Waals surface area contributed by atoms with Gasteiger partial charge in [0.15, 0.2) is 0 Å². The van der Waals surface area contributed by atoms with E-state index in [1.54, 1.807) is 0 Å². The van der Waals surface area contributed by atoms with Crippen molar-refractivity contribution in [3.05, 3.63) is 29.3 Å². The van der Waals surface area contributed by atoms with Crippen LogP contribution in [0, 0.1) is 0 Å². The van der Waals surface area contributed by atoms with E-state index >= 15 is 0 Å². The first-order valence-electron chi connectivity index (χ1n) is 5.97. The summed E-state index contributed by atoms with van der Waals surface area (Å²) in [4.78, 5) is 0. The topological polar surface area (TPSA) is 47.3 Å². The summed E-state index contributed by atoms with van der Waals surface area (Å²) >= 11 is 0. The van der Waals surface area contributed by atoms with E-state index in [0.717, 1.165) is 38.2 Å². The molecule has 2 rings (SSSR count). The van der Waals surface area contributed by atoms with Crippen molar-refractivity contribution in [3.63, 3.8) is 0 Å². The number of nitrogens with two attached hydrogens (primary N) is 1. The van der Waals surface area contributed by atoms with Crippen molar-refractivity contribution in [2.24, 2.45) is 5.73 Å². The van der Waals surface area contributed by atoms with Gasteiger partial charge in [-0.05, 0) is 43.6 Å². The lowest BCUT2D eigenvalue weighted by molar-refractivity contribution is 0.357. The van der Waals surface area contributed by atoms with Crippen LogP contribution in [0.25, 0.3) is 0 Å². The van der Waals surface area contributed by atoms with Crippen molar-refractivity contribution in [2.45, 2.75) is 25.3 Å². The first kappa shape index (κ1) is 11.4. The lowest BCUT2D eigenvalue weighted by Gasteiger charge is -2.12. The third-order valence-electron chi connectivity index (χ3n) is 3.08. The fraction of sp³-hybridized carbons (Fsp3) is 0.538. The fourth-order valence-corrected chi connectivity index (χ4v) is 2.10. The smallest absolute Gasteiger partial charge is 0.122 e. The van der Waals surface area contributed by atoms with Crippen LogP contribution in [-0.4, -0.2) is 20.2 Å². The summed E-state index contributed by atoms with van der Waals surface area (Å²) in [5.41, 5.74) is 8.70. The molecule has 0 aromatic heterocycles. The highest BCUT2D eigenvalue weighted by Crippen LogP contribution is 2.28. The second kappa shape index (κ2) is 5.32. The van der Waals surface area contributed by atoms with E-state index in [1.165, 1.54) is 11.1 Å². The quantitative estimate of drug-likeness (QED) is 0.741. The van der Waals surface area contributed by atoms with Crippen LogP contribution in [0.5, 0.6) is 5.75 Å². The van der Waals surface area contributed by atoms with Gasteiger partial charge in [0.05, 0.1) is 6.61 Å². The molecule has 88 valence electrons. The Bertz CT molecular complexity index is 352. The molecular weight excluding hydrogens is 200 g/mol. The third-order valence-corrected chi connectivity index (χ3v) is 3.08. The van der Waals surface area contributed by atoms with Crippen molar-refractivity contribution in [1.82, 2.24) is 5.32 Å². The molecule has 1 aliphatic heterocycles. The minimum absolute atomic E-state index is 0.152. The Morgan fingerprint density at radius 2 is 2.38 bits per heavy atom. The van der Waals surface area contributed by atoms with Gasteiger partial charge in [-0.25, -0.2) is 0 Å². The average molecular weight is 220 g/mol. The summed E-state index contributed by atoms with van der Waals surface area (Å²) in [5.74, 6) is 1.03. The number of rotatable bonds is 5. The lowest BCUT2D eigenvalue weighted by atomic mass is 10.00. The van der Waals surface area contributed by atoms with E-state index in [9.17, 15) is 0 Å². The van der Waals surface area contributed by atoms with Gasteiger partial charge in [-0.15, -0.1) is 0 Å². The van der Waals surface area contributed by atoms with Gasteiger partial charge in [0.2, 0.25) is 0 Å². The maximum absolute atomic E-state index is 6.16. The highest BCUT2D eigenvalue weighted by molar-refractivity contribution is 5.40. The average Bonchev–Trinajstić information content (AvgIpc) is 2.76. The molecule has 16 heavy (non-hydrogen) atoms. The van der Waals surface area contributed by atoms with Gasteiger partial charge in [0.1, 0.15) is 5.75 Å². The maximum atomic E-state index is 6.16. The van der Waals surface area contributed by atoms with Crippen molar-refractivity contribution >= 4 is 0 Å². The van der Waals surface area contributed by atoms with E-state index in [0.29, 0.717) is 0 Å². The van der Waals surface area contributed by atoms with Gasteiger partial charge in [0.25, 0.3) is 0 Å².